The van der Waals surface area contributed by atoms with E-state index in [4.69, 9.17) is 4.42 Å². The third-order valence-electron chi connectivity index (χ3n) is 3.25. The van der Waals surface area contributed by atoms with Gasteiger partial charge in [0.15, 0.2) is 0 Å². The number of aromatic nitrogens is 2. The van der Waals surface area contributed by atoms with E-state index in [2.05, 4.69) is 10.3 Å². The second-order valence-electron chi connectivity index (χ2n) is 4.72. The number of nitrogens with one attached hydrogen (secondary N) is 1. The van der Waals surface area contributed by atoms with Crippen LogP contribution in [0, 0.1) is 0 Å². The van der Waals surface area contributed by atoms with Crippen LogP contribution in [0.25, 0.3) is 5.82 Å². The summed E-state index contributed by atoms with van der Waals surface area (Å²) in [7, 11) is 0. The summed E-state index contributed by atoms with van der Waals surface area (Å²) in [5.74, 6) is 0.918. The van der Waals surface area contributed by atoms with Crippen LogP contribution in [0.1, 0.15) is 22.2 Å². The molecule has 6 heteroatoms. The first-order chi connectivity index (χ1) is 10.8. The van der Waals surface area contributed by atoms with E-state index in [1.807, 2.05) is 29.1 Å². The normalized spacial score (nSPS) is 12.0. The van der Waals surface area contributed by atoms with Crippen LogP contribution < -0.4 is 5.32 Å². The molecule has 3 heterocycles. The zero-order valence-corrected chi connectivity index (χ0v) is 11.7. The number of carbonyl (C=O) groups excluding carboxylic acids is 1. The van der Waals surface area contributed by atoms with Crippen molar-refractivity contribution in [2.45, 2.75) is 6.04 Å². The summed E-state index contributed by atoms with van der Waals surface area (Å²) in [6.07, 6.45) is 6.75. The minimum Gasteiger partial charge on any atom is -0.467 e. The summed E-state index contributed by atoms with van der Waals surface area (Å²) in [4.78, 5) is 16.5. The summed E-state index contributed by atoms with van der Waals surface area (Å²) < 4.78 is 7.05. The number of amides is 1. The molecule has 112 valence electrons. The number of aliphatic hydroxyl groups is 1. The van der Waals surface area contributed by atoms with Gasteiger partial charge in [0.25, 0.3) is 5.91 Å². The molecule has 0 aliphatic heterocycles. The van der Waals surface area contributed by atoms with Crippen LogP contribution in [0.4, 0.5) is 0 Å². The highest BCUT2D eigenvalue weighted by Crippen LogP contribution is 2.14. The lowest BCUT2D eigenvalue weighted by Crippen LogP contribution is -2.30. The molecule has 0 fully saturated rings. The van der Waals surface area contributed by atoms with Gasteiger partial charge in [0, 0.05) is 18.6 Å². The van der Waals surface area contributed by atoms with E-state index >= 15 is 0 Å². The standard InChI is InChI=1S/C16H15N3O3/c20-11-13(14-4-3-9-22-14)18-16(21)12-5-6-15(17-10-12)19-7-1-2-8-19/h1-10,13,20H,11H2,(H,18,21). The van der Waals surface area contributed by atoms with Crippen LogP contribution in [-0.2, 0) is 0 Å². The van der Waals surface area contributed by atoms with E-state index in [-0.39, 0.29) is 12.5 Å². The van der Waals surface area contributed by atoms with Crippen LogP contribution in [0.5, 0.6) is 0 Å². The maximum Gasteiger partial charge on any atom is 0.253 e. The van der Waals surface area contributed by atoms with Crippen molar-refractivity contribution in [2.24, 2.45) is 0 Å². The largest absolute Gasteiger partial charge is 0.467 e. The number of rotatable bonds is 5. The van der Waals surface area contributed by atoms with Crippen molar-refractivity contribution in [3.8, 4) is 5.82 Å². The summed E-state index contributed by atoms with van der Waals surface area (Å²) in [6.45, 7) is -0.242. The molecular weight excluding hydrogens is 282 g/mol. The number of nitrogens with zero attached hydrogens (tertiary/aromatic N) is 2. The first-order valence-corrected chi connectivity index (χ1v) is 6.82. The topological polar surface area (TPSA) is 80.3 Å². The Morgan fingerprint density at radius 3 is 2.68 bits per heavy atom. The van der Waals surface area contributed by atoms with Gasteiger partial charge >= 0.3 is 0 Å². The van der Waals surface area contributed by atoms with Crippen LogP contribution >= 0.6 is 0 Å². The second-order valence-corrected chi connectivity index (χ2v) is 4.72. The molecule has 2 N–H and O–H groups in total. The molecule has 1 unspecified atom stereocenters. The number of pyridine rings is 1. The lowest BCUT2D eigenvalue weighted by molar-refractivity contribution is 0.0907. The molecule has 0 radical (unpaired) electrons. The Morgan fingerprint density at radius 2 is 2.09 bits per heavy atom. The number of hydrogen-bond acceptors (Lipinski definition) is 4. The highest BCUT2D eigenvalue weighted by atomic mass is 16.3. The average molecular weight is 297 g/mol. The SMILES string of the molecule is O=C(NC(CO)c1ccco1)c1ccc(-n2cccc2)nc1. The Bertz CT molecular complexity index is 719. The summed E-state index contributed by atoms with van der Waals surface area (Å²) in [5, 5.41) is 12.1. The molecule has 3 aromatic heterocycles. The zero-order valence-electron chi connectivity index (χ0n) is 11.7. The fraction of sp³-hybridized carbons (Fsp3) is 0.125. The van der Waals surface area contributed by atoms with Gasteiger partial charge in [-0.3, -0.25) is 4.79 Å². The van der Waals surface area contributed by atoms with Gasteiger partial charge < -0.3 is 19.4 Å². The highest BCUT2D eigenvalue weighted by molar-refractivity contribution is 5.94. The van der Waals surface area contributed by atoms with E-state index < -0.39 is 6.04 Å². The molecule has 6 nitrogen and oxygen atoms in total. The maximum absolute atomic E-state index is 12.2. The van der Waals surface area contributed by atoms with Crippen molar-refractivity contribution >= 4 is 5.91 Å². The van der Waals surface area contributed by atoms with Crippen molar-refractivity contribution in [1.82, 2.24) is 14.9 Å². The molecule has 3 aromatic rings. The minimum atomic E-state index is -0.577. The number of furan rings is 1. The molecule has 1 amide bonds. The molecule has 3 rings (SSSR count). The fourth-order valence-electron chi connectivity index (χ4n) is 2.10. The predicted octanol–water partition coefficient (Wildman–Crippen LogP) is 1.93. The van der Waals surface area contributed by atoms with Gasteiger partial charge in [0.05, 0.1) is 18.4 Å². The lowest BCUT2D eigenvalue weighted by atomic mass is 10.2. The van der Waals surface area contributed by atoms with Crippen LogP contribution in [-0.4, -0.2) is 27.2 Å². The van der Waals surface area contributed by atoms with Gasteiger partial charge in [-0.1, -0.05) is 0 Å². The van der Waals surface area contributed by atoms with E-state index in [0.717, 1.165) is 5.82 Å². The molecule has 0 spiro atoms. The third-order valence-corrected chi connectivity index (χ3v) is 3.25. The Labute approximate surface area is 127 Å². The van der Waals surface area contributed by atoms with E-state index in [9.17, 15) is 9.90 Å². The fourth-order valence-corrected chi connectivity index (χ4v) is 2.10. The molecule has 0 aliphatic rings. The molecule has 22 heavy (non-hydrogen) atoms. The maximum atomic E-state index is 12.2. The van der Waals surface area contributed by atoms with Crippen molar-refractivity contribution in [1.29, 1.82) is 0 Å². The molecule has 0 saturated carbocycles. The monoisotopic (exact) mass is 297 g/mol. The van der Waals surface area contributed by atoms with Crippen molar-refractivity contribution in [3.05, 3.63) is 72.6 Å². The van der Waals surface area contributed by atoms with E-state index in [1.54, 1.807) is 24.3 Å². The Balaban J connectivity index is 1.72. The first kappa shape index (κ1) is 14.1. The molecule has 0 aromatic carbocycles. The van der Waals surface area contributed by atoms with E-state index in [1.165, 1.54) is 12.5 Å². The first-order valence-electron chi connectivity index (χ1n) is 6.82. The highest BCUT2D eigenvalue weighted by Gasteiger charge is 2.17. The number of aliphatic hydroxyl groups excluding tert-OH is 1. The van der Waals surface area contributed by atoms with Crippen molar-refractivity contribution in [2.75, 3.05) is 6.61 Å². The number of hydrogen-bond donors (Lipinski definition) is 2. The molecule has 0 aliphatic carbocycles. The van der Waals surface area contributed by atoms with Gasteiger partial charge in [-0.2, -0.15) is 0 Å². The number of carbonyl (C=O) groups is 1. The predicted molar refractivity (Wildman–Crippen MR) is 79.6 cm³/mol. The van der Waals surface area contributed by atoms with Crippen molar-refractivity contribution < 1.29 is 14.3 Å². The smallest absolute Gasteiger partial charge is 0.253 e. The van der Waals surface area contributed by atoms with Gasteiger partial charge in [-0.25, -0.2) is 4.98 Å². The van der Waals surface area contributed by atoms with Crippen LogP contribution in [0.15, 0.2) is 65.7 Å². The van der Waals surface area contributed by atoms with Crippen molar-refractivity contribution in [3.63, 3.8) is 0 Å². The Morgan fingerprint density at radius 1 is 1.27 bits per heavy atom. The lowest BCUT2D eigenvalue weighted by Gasteiger charge is -2.14. The molecular formula is C16H15N3O3. The second kappa shape index (κ2) is 6.28. The Kier molecular flexibility index (Phi) is 4.02. The van der Waals surface area contributed by atoms with Gasteiger partial charge in [-0.05, 0) is 36.4 Å². The zero-order chi connectivity index (χ0) is 15.4. The summed E-state index contributed by atoms with van der Waals surface area (Å²) >= 11 is 0. The molecule has 0 saturated heterocycles. The Hall–Kier alpha value is -2.86. The van der Waals surface area contributed by atoms with Crippen LogP contribution in [0.3, 0.4) is 0 Å². The van der Waals surface area contributed by atoms with E-state index in [0.29, 0.717) is 11.3 Å². The summed E-state index contributed by atoms with van der Waals surface area (Å²) in [5.41, 5.74) is 0.418. The van der Waals surface area contributed by atoms with Gasteiger partial charge in [0.2, 0.25) is 0 Å². The minimum absolute atomic E-state index is 0.242. The average Bonchev–Trinajstić information content (AvgIpc) is 3.25. The summed E-state index contributed by atoms with van der Waals surface area (Å²) in [6, 6.07) is 10.1. The quantitative estimate of drug-likeness (QED) is 0.754. The molecule has 1 atom stereocenters. The third kappa shape index (κ3) is 2.91. The van der Waals surface area contributed by atoms with Gasteiger partial charge in [-0.15, -0.1) is 0 Å². The van der Waals surface area contributed by atoms with Crippen LogP contribution in [0.2, 0.25) is 0 Å². The molecule has 0 bridgehead atoms. The van der Waals surface area contributed by atoms with Gasteiger partial charge in [0.1, 0.15) is 17.6 Å².